The molecule has 0 spiro atoms. The maximum absolute atomic E-state index is 5.58. The van der Waals surface area contributed by atoms with E-state index in [1.54, 1.807) is 6.07 Å². The Bertz CT molecular complexity index is 540. The highest BCUT2D eigenvalue weighted by atomic mass is 32.1. The maximum Gasteiger partial charge on any atom is 0.225 e. The van der Waals surface area contributed by atoms with Crippen LogP contribution in [0.2, 0.25) is 0 Å². The molecule has 2 aromatic rings. The zero-order valence-electron chi connectivity index (χ0n) is 10.5. The number of ether oxygens (including phenoxy) is 1. The number of hydrogen-bond donors (Lipinski definition) is 2. The van der Waals surface area contributed by atoms with Gasteiger partial charge in [0.1, 0.15) is 5.82 Å². The Labute approximate surface area is 109 Å². The summed E-state index contributed by atoms with van der Waals surface area (Å²) in [6, 6.07) is 1.67. The van der Waals surface area contributed by atoms with Crippen molar-refractivity contribution in [1.82, 2.24) is 15.0 Å². The molecule has 2 aromatic heterocycles. The number of rotatable bonds is 4. The van der Waals surface area contributed by atoms with Gasteiger partial charge in [-0.3, -0.25) is 0 Å². The molecule has 96 valence electrons. The van der Waals surface area contributed by atoms with Crippen LogP contribution >= 0.6 is 11.3 Å². The Morgan fingerprint density at radius 2 is 2.11 bits per heavy atom. The molecule has 18 heavy (non-hydrogen) atoms. The van der Waals surface area contributed by atoms with Crippen LogP contribution in [0.4, 0.5) is 16.9 Å². The SMILES string of the molecule is COc1cc(Nc2nc(C(C)C)cs2)nc(N)n1. The predicted molar refractivity (Wildman–Crippen MR) is 72.5 cm³/mol. The molecule has 2 rings (SSSR count). The molecule has 0 aliphatic rings. The molecule has 0 bridgehead atoms. The number of nitrogen functional groups attached to an aromatic ring is 1. The molecule has 7 heteroatoms. The first-order chi connectivity index (χ1) is 8.58. The van der Waals surface area contributed by atoms with E-state index in [2.05, 4.69) is 34.1 Å². The second kappa shape index (κ2) is 5.18. The van der Waals surface area contributed by atoms with E-state index in [0.717, 1.165) is 10.8 Å². The Balaban J connectivity index is 2.19. The molecule has 0 fully saturated rings. The van der Waals surface area contributed by atoms with Crippen LogP contribution in [0.1, 0.15) is 25.5 Å². The third-order valence-corrected chi connectivity index (χ3v) is 3.05. The summed E-state index contributed by atoms with van der Waals surface area (Å²) in [6.45, 7) is 4.20. The first-order valence-corrected chi connectivity index (χ1v) is 6.37. The van der Waals surface area contributed by atoms with Gasteiger partial charge in [0.2, 0.25) is 11.8 Å². The van der Waals surface area contributed by atoms with E-state index in [4.69, 9.17) is 10.5 Å². The van der Waals surface area contributed by atoms with Crippen molar-refractivity contribution in [2.75, 3.05) is 18.2 Å². The normalized spacial score (nSPS) is 10.7. The van der Waals surface area contributed by atoms with Crippen LogP contribution in [0.15, 0.2) is 11.4 Å². The summed E-state index contributed by atoms with van der Waals surface area (Å²) in [5.74, 6) is 1.56. The minimum Gasteiger partial charge on any atom is -0.481 e. The van der Waals surface area contributed by atoms with E-state index in [-0.39, 0.29) is 5.95 Å². The van der Waals surface area contributed by atoms with Crippen molar-refractivity contribution in [3.05, 3.63) is 17.1 Å². The molecule has 2 heterocycles. The summed E-state index contributed by atoms with van der Waals surface area (Å²) in [5.41, 5.74) is 6.64. The minimum absolute atomic E-state index is 0.164. The fraction of sp³-hybridized carbons (Fsp3) is 0.364. The van der Waals surface area contributed by atoms with Crippen LogP contribution in [0.3, 0.4) is 0 Å². The van der Waals surface area contributed by atoms with Crippen molar-refractivity contribution in [2.45, 2.75) is 19.8 Å². The number of nitrogens with two attached hydrogens (primary N) is 1. The summed E-state index contributed by atoms with van der Waals surface area (Å²) in [7, 11) is 1.53. The van der Waals surface area contributed by atoms with E-state index in [1.807, 2.05) is 5.38 Å². The van der Waals surface area contributed by atoms with Gasteiger partial charge in [0.25, 0.3) is 0 Å². The third-order valence-electron chi connectivity index (χ3n) is 2.28. The number of methoxy groups -OCH3 is 1. The van der Waals surface area contributed by atoms with Gasteiger partial charge in [0.05, 0.1) is 12.8 Å². The van der Waals surface area contributed by atoms with Crippen LogP contribution in [0.25, 0.3) is 0 Å². The van der Waals surface area contributed by atoms with Crippen molar-refractivity contribution in [1.29, 1.82) is 0 Å². The van der Waals surface area contributed by atoms with Crippen LogP contribution in [0, 0.1) is 0 Å². The Morgan fingerprint density at radius 3 is 2.72 bits per heavy atom. The highest BCUT2D eigenvalue weighted by molar-refractivity contribution is 7.13. The fourth-order valence-corrected chi connectivity index (χ4v) is 2.21. The van der Waals surface area contributed by atoms with E-state index in [9.17, 15) is 0 Å². The number of hydrogen-bond acceptors (Lipinski definition) is 7. The van der Waals surface area contributed by atoms with E-state index >= 15 is 0 Å². The lowest BCUT2D eigenvalue weighted by Crippen LogP contribution is -2.01. The number of aromatic nitrogens is 3. The molecule has 0 saturated carbocycles. The predicted octanol–water partition coefficient (Wildman–Crippen LogP) is 2.39. The summed E-state index contributed by atoms with van der Waals surface area (Å²) < 4.78 is 5.03. The summed E-state index contributed by atoms with van der Waals surface area (Å²) in [6.07, 6.45) is 0. The Hall–Kier alpha value is -1.89. The van der Waals surface area contributed by atoms with Gasteiger partial charge < -0.3 is 15.8 Å². The smallest absolute Gasteiger partial charge is 0.225 e. The van der Waals surface area contributed by atoms with E-state index < -0.39 is 0 Å². The highest BCUT2D eigenvalue weighted by Crippen LogP contribution is 2.25. The summed E-state index contributed by atoms with van der Waals surface area (Å²) >= 11 is 1.53. The number of anilines is 3. The molecule has 3 N–H and O–H groups in total. The zero-order chi connectivity index (χ0) is 13.1. The zero-order valence-corrected chi connectivity index (χ0v) is 11.3. The largest absolute Gasteiger partial charge is 0.481 e. The average molecular weight is 265 g/mol. The van der Waals surface area contributed by atoms with Crippen LogP contribution in [-0.4, -0.2) is 22.1 Å². The molecule has 0 aromatic carbocycles. The van der Waals surface area contributed by atoms with Gasteiger partial charge in [-0.15, -0.1) is 11.3 Å². The van der Waals surface area contributed by atoms with Crippen molar-refractivity contribution in [2.24, 2.45) is 0 Å². The first-order valence-electron chi connectivity index (χ1n) is 5.49. The van der Waals surface area contributed by atoms with E-state index in [0.29, 0.717) is 17.6 Å². The molecule has 0 atom stereocenters. The molecule has 0 amide bonds. The van der Waals surface area contributed by atoms with Gasteiger partial charge in [-0.05, 0) is 5.92 Å². The lowest BCUT2D eigenvalue weighted by molar-refractivity contribution is 0.398. The third kappa shape index (κ3) is 2.86. The van der Waals surface area contributed by atoms with Crippen molar-refractivity contribution in [3.8, 4) is 5.88 Å². The average Bonchev–Trinajstić information content (AvgIpc) is 2.76. The Kier molecular flexibility index (Phi) is 3.61. The van der Waals surface area contributed by atoms with Crippen LogP contribution < -0.4 is 15.8 Å². The lowest BCUT2D eigenvalue weighted by atomic mass is 10.2. The van der Waals surface area contributed by atoms with Crippen molar-refractivity contribution in [3.63, 3.8) is 0 Å². The number of thiazole rings is 1. The van der Waals surface area contributed by atoms with Crippen LogP contribution in [-0.2, 0) is 0 Å². The minimum atomic E-state index is 0.164. The molecule has 0 unspecified atom stereocenters. The second-order valence-electron chi connectivity index (χ2n) is 4.01. The molecule has 0 saturated heterocycles. The van der Waals surface area contributed by atoms with Gasteiger partial charge in [-0.2, -0.15) is 9.97 Å². The number of nitrogens with one attached hydrogen (secondary N) is 1. The van der Waals surface area contributed by atoms with Crippen molar-refractivity contribution < 1.29 is 4.74 Å². The van der Waals surface area contributed by atoms with Gasteiger partial charge in [0, 0.05) is 11.4 Å². The quantitative estimate of drug-likeness (QED) is 0.882. The summed E-state index contributed by atoms with van der Waals surface area (Å²) in [4.78, 5) is 12.4. The molecule has 0 aliphatic heterocycles. The lowest BCUT2D eigenvalue weighted by Gasteiger charge is -2.05. The van der Waals surface area contributed by atoms with Crippen LogP contribution in [0.5, 0.6) is 5.88 Å². The monoisotopic (exact) mass is 265 g/mol. The van der Waals surface area contributed by atoms with Gasteiger partial charge in [-0.25, -0.2) is 4.98 Å². The highest BCUT2D eigenvalue weighted by Gasteiger charge is 2.08. The topological polar surface area (TPSA) is 86.0 Å². The molecule has 0 aliphatic carbocycles. The second-order valence-corrected chi connectivity index (χ2v) is 4.87. The fourth-order valence-electron chi connectivity index (χ4n) is 1.33. The molecule has 6 nitrogen and oxygen atoms in total. The standard InChI is InChI=1S/C11H15N5OS/c1-6(2)7-5-18-11(13-7)15-8-4-9(17-3)16-10(12)14-8/h4-6H,1-3H3,(H3,12,13,14,15,16). The maximum atomic E-state index is 5.58. The number of nitrogens with zero attached hydrogens (tertiary/aromatic N) is 3. The molecule has 0 radical (unpaired) electrons. The van der Waals surface area contributed by atoms with Gasteiger partial charge >= 0.3 is 0 Å². The molecular weight excluding hydrogens is 250 g/mol. The van der Waals surface area contributed by atoms with E-state index in [1.165, 1.54) is 18.4 Å². The first kappa shape index (κ1) is 12.6. The van der Waals surface area contributed by atoms with Crippen molar-refractivity contribution >= 4 is 28.2 Å². The van der Waals surface area contributed by atoms with Gasteiger partial charge in [-0.1, -0.05) is 13.8 Å². The molecular formula is C11H15N5OS. The summed E-state index contributed by atoms with van der Waals surface area (Å²) in [5, 5.41) is 5.89. The Morgan fingerprint density at radius 1 is 1.33 bits per heavy atom. The van der Waals surface area contributed by atoms with Gasteiger partial charge in [0.15, 0.2) is 5.13 Å².